The fraction of sp³-hybridized carbons (Fsp3) is 0.375. The Morgan fingerprint density at radius 3 is 2.78 bits per heavy atom. The molecule has 1 fully saturated rings. The number of hydrogen-bond acceptors (Lipinski definition) is 6. The van der Waals surface area contributed by atoms with E-state index in [1.165, 1.54) is 5.56 Å². The van der Waals surface area contributed by atoms with Crippen molar-refractivity contribution in [3.63, 3.8) is 0 Å². The number of nitrogens with zero attached hydrogens (tertiary/aromatic N) is 1. The van der Waals surface area contributed by atoms with E-state index in [1.807, 2.05) is 30.3 Å². The quantitative estimate of drug-likeness (QED) is 0.527. The zero-order valence-corrected chi connectivity index (χ0v) is 17.7. The highest BCUT2D eigenvalue weighted by molar-refractivity contribution is 6.05. The minimum absolute atomic E-state index is 0.0287. The van der Waals surface area contributed by atoms with Gasteiger partial charge in [-0.1, -0.05) is 18.2 Å². The van der Waals surface area contributed by atoms with E-state index in [1.54, 1.807) is 4.90 Å². The van der Waals surface area contributed by atoms with Gasteiger partial charge in [-0.3, -0.25) is 19.7 Å². The topological polar surface area (TPSA) is 111 Å². The summed E-state index contributed by atoms with van der Waals surface area (Å²) in [5.74, 6) is -0.837. The minimum atomic E-state index is -0.598. The number of nitrogens with one attached hydrogen (secondary N) is 3. The van der Waals surface area contributed by atoms with Crippen molar-refractivity contribution in [3.8, 4) is 0 Å². The maximum Gasteiger partial charge on any atom is 0.255 e. The zero-order valence-electron chi connectivity index (χ0n) is 17.7. The number of anilines is 1. The smallest absolute Gasteiger partial charge is 0.255 e. The van der Waals surface area contributed by atoms with Gasteiger partial charge in [-0.05, 0) is 59.3 Å². The van der Waals surface area contributed by atoms with E-state index in [4.69, 9.17) is 0 Å². The molecule has 32 heavy (non-hydrogen) atoms. The molecule has 2 aromatic rings. The number of aliphatic hydroxyl groups is 1. The average Bonchev–Trinajstić information content (AvgIpc) is 3.13. The number of amides is 3. The Labute approximate surface area is 186 Å². The Kier molecular flexibility index (Phi) is 5.40. The van der Waals surface area contributed by atoms with Crippen LogP contribution in [0.25, 0.3) is 0 Å². The highest BCUT2D eigenvalue weighted by Crippen LogP contribution is 2.30. The van der Waals surface area contributed by atoms with Gasteiger partial charge in [-0.15, -0.1) is 0 Å². The van der Waals surface area contributed by atoms with Crippen LogP contribution in [0.2, 0.25) is 0 Å². The summed E-state index contributed by atoms with van der Waals surface area (Å²) in [5, 5.41) is 18.8. The normalized spacial score (nSPS) is 20.1. The summed E-state index contributed by atoms with van der Waals surface area (Å²) in [4.78, 5) is 38.2. The fourth-order valence-electron chi connectivity index (χ4n) is 4.90. The zero-order chi connectivity index (χ0) is 22.2. The van der Waals surface area contributed by atoms with E-state index < -0.39 is 11.9 Å². The van der Waals surface area contributed by atoms with Gasteiger partial charge >= 0.3 is 0 Å². The molecule has 4 N–H and O–H groups in total. The largest absolute Gasteiger partial charge is 0.392 e. The van der Waals surface area contributed by atoms with Gasteiger partial charge in [0, 0.05) is 37.3 Å². The van der Waals surface area contributed by atoms with E-state index in [-0.39, 0.29) is 24.8 Å². The molecular weight excluding hydrogens is 408 g/mol. The first kappa shape index (κ1) is 20.7. The first-order valence-electron chi connectivity index (χ1n) is 11.0. The van der Waals surface area contributed by atoms with Crippen LogP contribution >= 0.6 is 0 Å². The molecule has 8 heteroatoms. The van der Waals surface area contributed by atoms with Gasteiger partial charge in [-0.25, -0.2) is 0 Å². The molecule has 2 aromatic carbocycles. The first-order valence-corrected chi connectivity index (χ1v) is 11.0. The minimum Gasteiger partial charge on any atom is -0.392 e. The maximum absolute atomic E-state index is 13.0. The lowest BCUT2D eigenvalue weighted by Gasteiger charge is -2.29. The van der Waals surface area contributed by atoms with Crippen LogP contribution in [-0.2, 0) is 42.3 Å². The number of hydrogen-bond donors (Lipinski definition) is 4. The van der Waals surface area contributed by atoms with Crippen LogP contribution in [0.3, 0.4) is 0 Å². The van der Waals surface area contributed by atoms with Crippen molar-refractivity contribution >= 4 is 23.4 Å². The van der Waals surface area contributed by atoms with Crippen molar-refractivity contribution in [2.24, 2.45) is 0 Å². The Morgan fingerprint density at radius 1 is 1.09 bits per heavy atom. The molecule has 0 radical (unpaired) electrons. The monoisotopic (exact) mass is 434 g/mol. The van der Waals surface area contributed by atoms with E-state index in [2.05, 4.69) is 16.0 Å². The third-order valence-electron chi connectivity index (χ3n) is 6.63. The van der Waals surface area contributed by atoms with E-state index >= 15 is 0 Å². The van der Waals surface area contributed by atoms with Gasteiger partial charge in [0.1, 0.15) is 6.04 Å². The fourth-order valence-corrected chi connectivity index (χ4v) is 4.90. The van der Waals surface area contributed by atoms with Gasteiger partial charge in [0.15, 0.2) is 0 Å². The van der Waals surface area contributed by atoms with Crippen LogP contribution in [0.15, 0.2) is 30.3 Å². The maximum atomic E-state index is 13.0. The van der Waals surface area contributed by atoms with E-state index in [0.717, 1.165) is 47.5 Å². The molecule has 5 rings (SSSR count). The highest BCUT2D eigenvalue weighted by Gasteiger charge is 2.39. The van der Waals surface area contributed by atoms with E-state index in [0.29, 0.717) is 25.1 Å². The molecule has 1 unspecified atom stereocenters. The number of rotatable bonds is 5. The average molecular weight is 434 g/mol. The van der Waals surface area contributed by atoms with Crippen molar-refractivity contribution in [1.29, 1.82) is 0 Å². The molecular formula is C24H26N4O4. The third-order valence-corrected chi connectivity index (χ3v) is 6.63. The highest BCUT2D eigenvalue weighted by atomic mass is 16.3. The number of aliphatic hydroxyl groups excluding tert-OH is 1. The summed E-state index contributed by atoms with van der Waals surface area (Å²) in [6.45, 7) is 2.64. The molecule has 1 saturated heterocycles. The van der Waals surface area contributed by atoms with Crippen molar-refractivity contribution in [2.75, 3.05) is 11.9 Å². The molecule has 0 aromatic heterocycles. The summed E-state index contributed by atoms with van der Waals surface area (Å²) in [5.41, 5.74) is 6.90. The van der Waals surface area contributed by atoms with Gasteiger partial charge in [0.2, 0.25) is 11.8 Å². The molecule has 3 amide bonds. The van der Waals surface area contributed by atoms with Gasteiger partial charge in [0.05, 0.1) is 6.61 Å². The molecule has 0 saturated carbocycles. The van der Waals surface area contributed by atoms with Crippen LogP contribution < -0.4 is 16.0 Å². The molecule has 0 spiro atoms. The predicted octanol–water partition coefficient (Wildman–Crippen LogP) is 1.20. The summed E-state index contributed by atoms with van der Waals surface area (Å²) < 4.78 is 0. The summed E-state index contributed by atoms with van der Waals surface area (Å²) in [6, 6.07) is 9.22. The van der Waals surface area contributed by atoms with Crippen molar-refractivity contribution in [1.82, 2.24) is 15.5 Å². The second kappa shape index (κ2) is 8.37. The lowest BCUT2D eigenvalue weighted by atomic mass is 9.94. The number of carbonyl (C=O) groups is 3. The first-order chi connectivity index (χ1) is 15.5. The molecule has 0 bridgehead atoms. The number of benzene rings is 2. The Bertz CT molecular complexity index is 1110. The van der Waals surface area contributed by atoms with Crippen LogP contribution in [0.1, 0.15) is 51.0 Å². The second-order valence-electron chi connectivity index (χ2n) is 8.56. The second-order valence-corrected chi connectivity index (χ2v) is 8.56. The lowest BCUT2D eigenvalue weighted by Crippen LogP contribution is -2.52. The summed E-state index contributed by atoms with van der Waals surface area (Å²) in [6.07, 6.45) is 1.51. The summed E-state index contributed by atoms with van der Waals surface area (Å²) in [7, 11) is 0. The van der Waals surface area contributed by atoms with Crippen LogP contribution in [0.5, 0.6) is 0 Å². The number of piperidine rings is 1. The van der Waals surface area contributed by atoms with Crippen LogP contribution in [0, 0.1) is 0 Å². The summed E-state index contributed by atoms with van der Waals surface area (Å²) >= 11 is 0. The third kappa shape index (κ3) is 3.65. The van der Waals surface area contributed by atoms with E-state index in [9.17, 15) is 19.5 Å². The molecule has 0 aliphatic carbocycles. The molecule has 3 aliphatic heterocycles. The van der Waals surface area contributed by atoms with Gasteiger partial charge < -0.3 is 20.6 Å². The molecule has 3 heterocycles. The number of imide groups is 1. The lowest BCUT2D eigenvalue weighted by molar-refractivity contribution is -0.136. The van der Waals surface area contributed by atoms with Crippen LogP contribution in [0.4, 0.5) is 5.69 Å². The van der Waals surface area contributed by atoms with Crippen molar-refractivity contribution < 1.29 is 19.5 Å². The Hall–Kier alpha value is -3.23. The number of carbonyl (C=O) groups excluding carboxylic acids is 3. The van der Waals surface area contributed by atoms with Crippen molar-refractivity contribution in [3.05, 3.63) is 63.7 Å². The predicted molar refractivity (Wildman–Crippen MR) is 118 cm³/mol. The molecule has 1 atom stereocenters. The van der Waals surface area contributed by atoms with Gasteiger partial charge in [0.25, 0.3) is 5.91 Å². The van der Waals surface area contributed by atoms with Crippen LogP contribution in [-0.4, -0.2) is 40.3 Å². The molecule has 3 aliphatic rings. The van der Waals surface area contributed by atoms with Crippen molar-refractivity contribution in [2.45, 2.75) is 51.5 Å². The number of fused-ring (bicyclic) bond motifs is 2. The Balaban J connectivity index is 1.32. The van der Waals surface area contributed by atoms with Gasteiger partial charge in [-0.2, -0.15) is 0 Å². The molecule has 166 valence electrons. The standard InChI is InChI=1S/C24H26N4O4/c29-13-16-3-4-20(17-7-8-25-11-19(16)17)26-10-14-1-2-15-12-28(24(32)18(15)9-14)21-5-6-22(30)27-23(21)31/h1-4,9,21,25-26,29H,5-8,10-13H2,(H,27,30,31). The Morgan fingerprint density at radius 2 is 1.97 bits per heavy atom. The molecule has 8 nitrogen and oxygen atoms in total. The SMILES string of the molecule is O=C1CCC(N2Cc3ccc(CNc4ccc(CO)c5c4CCNC5)cc3C2=O)C(=O)N1.